The van der Waals surface area contributed by atoms with Gasteiger partial charge in [0, 0.05) is 22.1 Å². The van der Waals surface area contributed by atoms with Crippen molar-refractivity contribution in [2.45, 2.75) is 0 Å². The van der Waals surface area contributed by atoms with Gasteiger partial charge in [-0.15, -0.1) is 0 Å². The van der Waals surface area contributed by atoms with Crippen LogP contribution in [0.4, 0.5) is 10.1 Å². The summed E-state index contributed by atoms with van der Waals surface area (Å²) < 4.78 is 30.3. The molecule has 0 atom stereocenters. The summed E-state index contributed by atoms with van der Waals surface area (Å²) in [5.41, 5.74) is 0.547. The van der Waals surface area contributed by atoms with Gasteiger partial charge in [-0.25, -0.2) is 4.39 Å². The molecule has 0 fully saturated rings. The molecule has 0 saturated heterocycles. The van der Waals surface area contributed by atoms with Gasteiger partial charge in [0.15, 0.2) is 0 Å². The van der Waals surface area contributed by atoms with E-state index in [0.29, 0.717) is 20.8 Å². The van der Waals surface area contributed by atoms with Gasteiger partial charge >= 0.3 is 0 Å². The molecule has 3 rings (SSSR count). The standard InChI is InChI=1S/C19H16BrFNOP/c1-22(19-14-15(21)12-13-18(19)20)24(23,16-8-4-2-5-9-16)17-10-6-3-7-11-17/h2-14H,1H3. The molecule has 0 amide bonds. The highest BCUT2D eigenvalue weighted by molar-refractivity contribution is 9.10. The Morgan fingerprint density at radius 2 is 1.38 bits per heavy atom. The summed E-state index contributed by atoms with van der Waals surface area (Å²) in [6.07, 6.45) is 0. The highest BCUT2D eigenvalue weighted by Crippen LogP contribution is 2.50. The molecule has 0 unspecified atom stereocenters. The summed E-state index contributed by atoms with van der Waals surface area (Å²) in [6, 6.07) is 23.0. The van der Waals surface area contributed by atoms with Gasteiger partial charge in [0.2, 0.25) is 7.29 Å². The summed E-state index contributed by atoms with van der Waals surface area (Å²) in [5, 5.41) is 1.41. The molecule has 0 bridgehead atoms. The highest BCUT2D eigenvalue weighted by atomic mass is 79.9. The Morgan fingerprint density at radius 3 is 1.88 bits per heavy atom. The van der Waals surface area contributed by atoms with Crippen molar-refractivity contribution in [3.63, 3.8) is 0 Å². The van der Waals surface area contributed by atoms with E-state index in [1.54, 1.807) is 17.8 Å². The first-order valence-electron chi connectivity index (χ1n) is 7.44. The molecule has 0 aliphatic carbocycles. The van der Waals surface area contributed by atoms with Crippen molar-refractivity contribution in [1.82, 2.24) is 0 Å². The number of hydrogen-bond donors (Lipinski definition) is 0. The van der Waals surface area contributed by atoms with Gasteiger partial charge in [-0.2, -0.15) is 0 Å². The smallest absolute Gasteiger partial charge is 0.229 e. The first-order chi connectivity index (χ1) is 11.5. The summed E-state index contributed by atoms with van der Waals surface area (Å²) in [5.74, 6) is -0.368. The van der Waals surface area contributed by atoms with E-state index in [-0.39, 0.29) is 5.82 Å². The largest absolute Gasteiger partial charge is 0.318 e. The van der Waals surface area contributed by atoms with Gasteiger partial charge in [-0.3, -0.25) is 4.57 Å². The normalized spacial score (nSPS) is 11.3. The molecular weight excluding hydrogens is 388 g/mol. The molecule has 2 nitrogen and oxygen atoms in total. The van der Waals surface area contributed by atoms with Crippen molar-refractivity contribution >= 4 is 39.5 Å². The Labute approximate surface area is 149 Å². The maximum absolute atomic E-state index is 14.2. The van der Waals surface area contributed by atoms with E-state index in [1.807, 2.05) is 60.7 Å². The van der Waals surface area contributed by atoms with Crippen molar-refractivity contribution in [1.29, 1.82) is 0 Å². The number of rotatable bonds is 4. The van der Waals surface area contributed by atoms with E-state index in [0.717, 1.165) is 0 Å². The van der Waals surface area contributed by atoms with Gasteiger partial charge in [-0.1, -0.05) is 36.4 Å². The molecule has 0 saturated carbocycles. The Kier molecular flexibility index (Phi) is 4.88. The van der Waals surface area contributed by atoms with E-state index >= 15 is 0 Å². The first kappa shape index (κ1) is 16.9. The van der Waals surface area contributed by atoms with E-state index < -0.39 is 7.29 Å². The number of hydrogen-bond acceptors (Lipinski definition) is 1. The second kappa shape index (κ2) is 6.92. The van der Waals surface area contributed by atoms with Crippen molar-refractivity contribution < 1.29 is 8.96 Å². The lowest BCUT2D eigenvalue weighted by atomic mass is 10.3. The van der Waals surface area contributed by atoms with Crippen molar-refractivity contribution in [3.05, 3.63) is 89.2 Å². The number of anilines is 1. The molecule has 24 heavy (non-hydrogen) atoms. The summed E-state index contributed by atoms with van der Waals surface area (Å²) >= 11 is 3.44. The van der Waals surface area contributed by atoms with Crippen molar-refractivity contribution in [2.75, 3.05) is 11.7 Å². The zero-order chi connectivity index (χ0) is 17.2. The molecule has 0 radical (unpaired) electrons. The number of nitrogens with zero attached hydrogens (tertiary/aromatic N) is 1. The van der Waals surface area contributed by atoms with Gasteiger partial charge < -0.3 is 4.67 Å². The van der Waals surface area contributed by atoms with E-state index in [9.17, 15) is 8.96 Å². The van der Waals surface area contributed by atoms with Crippen LogP contribution < -0.4 is 15.3 Å². The van der Waals surface area contributed by atoms with Gasteiger partial charge in [-0.05, 0) is 58.4 Å². The minimum atomic E-state index is -3.15. The van der Waals surface area contributed by atoms with Crippen LogP contribution in [0.3, 0.4) is 0 Å². The Morgan fingerprint density at radius 1 is 0.875 bits per heavy atom. The molecule has 122 valence electrons. The Bertz CT molecular complexity index is 843. The monoisotopic (exact) mass is 403 g/mol. The Balaban J connectivity index is 2.23. The van der Waals surface area contributed by atoms with Crippen LogP contribution in [0.5, 0.6) is 0 Å². The second-order valence-electron chi connectivity index (χ2n) is 5.37. The predicted octanol–water partition coefficient (Wildman–Crippen LogP) is 4.95. The van der Waals surface area contributed by atoms with Crippen LogP contribution in [0.15, 0.2) is 83.3 Å². The molecule has 0 aromatic heterocycles. The molecule has 0 spiro atoms. The average molecular weight is 404 g/mol. The number of benzene rings is 3. The zero-order valence-electron chi connectivity index (χ0n) is 13.1. The lowest BCUT2D eigenvalue weighted by Crippen LogP contribution is -2.29. The third-order valence-electron chi connectivity index (χ3n) is 3.89. The molecular formula is C19H16BrFNOP. The highest BCUT2D eigenvalue weighted by Gasteiger charge is 2.33. The average Bonchev–Trinajstić information content (AvgIpc) is 2.64. The van der Waals surface area contributed by atoms with Gasteiger partial charge in [0.1, 0.15) is 5.82 Å². The first-order valence-corrected chi connectivity index (χ1v) is 9.89. The van der Waals surface area contributed by atoms with E-state index in [1.165, 1.54) is 12.1 Å². The van der Waals surface area contributed by atoms with Crippen molar-refractivity contribution in [3.8, 4) is 0 Å². The third-order valence-corrected chi connectivity index (χ3v) is 7.62. The van der Waals surface area contributed by atoms with Crippen LogP contribution in [0.1, 0.15) is 0 Å². The van der Waals surface area contributed by atoms with E-state index in [2.05, 4.69) is 15.9 Å². The quantitative estimate of drug-likeness (QED) is 0.574. The Hall–Kier alpha value is -1.90. The maximum atomic E-state index is 14.2. The molecule has 3 aromatic carbocycles. The second-order valence-corrected chi connectivity index (χ2v) is 9.01. The minimum Gasteiger partial charge on any atom is -0.318 e. The van der Waals surface area contributed by atoms with Crippen LogP contribution in [0, 0.1) is 5.82 Å². The minimum absolute atomic E-state index is 0.368. The van der Waals surface area contributed by atoms with E-state index in [4.69, 9.17) is 0 Å². The lowest BCUT2D eigenvalue weighted by Gasteiger charge is -2.31. The fourth-order valence-electron chi connectivity index (χ4n) is 2.64. The number of halogens is 2. The summed E-state index contributed by atoms with van der Waals surface area (Å²) in [6.45, 7) is 0. The van der Waals surface area contributed by atoms with Crippen LogP contribution in [-0.2, 0) is 4.57 Å². The van der Waals surface area contributed by atoms with Crippen LogP contribution in [0.25, 0.3) is 0 Å². The molecule has 5 heteroatoms. The molecule has 0 aliphatic rings. The maximum Gasteiger partial charge on any atom is 0.229 e. The molecule has 0 heterocycles. The zero-order valence-corrected chi connectivity index (χ0v) is 15.5. The summed E-state index contributed by atoms with van der Waals surface area (Å²) in [4.78, 5) is 0. The fourth-order valence-corrected chi connectivity index (χ4v) is 5.90. The summed E-state index contributed by atoms with van der Waals surface area (Å²) in [7, 11) is -1.41. The SMILES string of the molecule is CN(c1cc(F)ccc1Br)P(=O)(c1ccccc1)c1ccccc1. The lowest BCUT2D eigenvalue weighted by molar-refractivity contribution is 0.585. The molecule has 0 N–H and O–H groups in total. The topological polar surface area (TPSA) is 20.3 Å². The molecule has 0 aliphatic heterocycles. The van der Waals surface area contributed by atoms with Gasteiger partial charge in [0.25, 0.3) is 0 Å². The van der Waals surface area contributed by atoms with Crippen LogP contribution >= 0.6 is 23.2 Å². The van der Waals surface area contributed by atoms with Crippen LogP contribution in [0.2, 0.25) is 0 Å². The molecule has 3 aromatic rings. The van der Waals surface area contributed by atoms with Gasteiger partial charge in [0.05, 0.1) is 5.69 Å². The third kappa shape index (κ3) is 3.04. The predicted molar refractivity (Wildman–Crippen MR) is 102 cm³/mol. The fraction of sp³-hybridized carbons (Fsp3) is 0.0526. The van der Waals surface area contributed by atoms with Crippen LogP contribution in [-0.4, -0.2) is 7.05 Å². The van der Waals surface area contributed by atoms with Crippen molar-refractivity contribution in [2.24, 2.45) is 0 Å².